The third kappa shape index (κ3) is 3.78. The first kappa shape index (κ1) is 16.6. The fourth-order valence-corrected chi connectivity index (χ4v) is 2.71. The largest absolute Gasteiger partial charge is 0.462 e. The summed E-state index contributed by atoms with van der Waals surface area (Å²) in [6.45, 7) is 3.46. The summed E-state index contributed by atoms with van der Waals surface area (Å²) in [7, 11) is -2.51. The molecule has 1 unspecified atom stereocenters. The lowest BCUT2D eigenvalue weighted by Crippen LogP contribution is -2.31. The van der Waals surface area contributed by atoms with E-state index in [9.17, 15) is 18.3 Å². The summed E-state index contributed by atoms with van der Waals surface area (Å²) in [5.74, 6) is -0.747. The fraction of sp³-hybridized carbons (Fsp3) is 0.636. The highest BCUT2D eigenvalue weighted by atomic mass is 32.2. The minimum Gasteiger partial charge on any atom is -0.462 e. The van der Waals surface area contributed by atoms with Gasteiger partial charge in [0.2, 0.25) is 0 Å². The highest BCUT2D eigenvalue weighted by Gasteiger charge is 2.29. The highest BCUT2D eigenvalue weighted by molar-refractivity contribution is 7.89. The molecule has 1 rings (SSSR count). The molecule has 20 heavy (non-hydrogen) atoms. The van der Waals surface area contributed by atoms with Crippen LogP contribution in [0.4, 0.5) is 0 Å². The Bertz CT molecular complexity index is 552. The van der Waals surface area contributed by atoms with Crippen molar-refractivity contribution in [3.8, 4) is 0 Å². The molecule has 9 heteroatoms. The van der Waals surface area contributed by atoms with Crippen LogP contribution in [-0.4, -0.2) is 60.3 Å². The molecule has 0 aliphatic carbocycles. The molecule has 8 nitrogen and oxygen atoms in total. The molecule has 0 radical (unpaired) electrons. The number of aliphatic hydroxyl groups is 1. The minimum atomic E-state index is -3.88. The van der Waals surface area contributed by atoms with Gasteiger partial charge in [0.15, 0.2) is 5.03 Å². The number of hydrogen-bond acceptors (Lipinski definition) is 6. The van der Waals surface area contributed by atoms with Crippen LogP contribution in [0.1, 0.15) is 30.6 Å². The molecule has 1 aromatic rings. The van der Waals surface area contributed by atoms with Gasteiger partial charge < -0.3 is 9.84 Å². The molecule has 0 saturated carbocycles. The molecule has 0 amide bonds. The van der Waals surface area contributed by atoms with E-state index >= 15 is 0 Å². The van der Waals surface area contributed by atoms with E-state index in [4.69, 9.17) is 4.74 Å². The second-order valence-corrected chi connectivity index (χ2v) is 6.28. The molecule has 0 aliphatic heterocycles. The van der Waals surface area contributed by atoms with Crippen LogP contribution in [0.25, 0.3) is 0 Å². The van der Waals surface area contributed by atoms with Gasteiger partial charge in [0.05, 0.1) is 18.9 Å². The van der Waals surface area contributed by atoms with E-state index in [1.165, 1.54) is 7.05 Å². The summed E-state index contributed by atoms with van der Waals surface area (Å²) in [4.78, 5) is 11.7. The summed E-state index contributed by atoms with van der Waals surface area (Å²) in [6.07, 6.45) is 0.797. The Morgan fingerprint density at radius 2 is 2.25 bits per heavy atom. The molecule has 1 heterocycles. The number of rotatable bonds is 7. The van der Waals surface area contributed by atoms with Crippen molar-refractivity contribution in [1.82, 2.24) is 14.5 Å². The van der Waals surface area contributed by atoms with Crippen molar-refractivity contribution in [2.75, 3.05) is 20.2 Å². The van der Waals surface area contributed by atoms with Crippen LogP contribution in [-0.2, 0) is 14.8 Å². The maximum atomic E-state index is 12.3. The lowest BCUT2D eigenvalue weighted by molar-refractivity contribution is 0.0521. The predicted octanol–water partition coefficient (Wildman–Crippen LogP) is -0.0222. The van der Waals surface area contributed by atoms with Crippen molar-refractivity contribution < 1.29 is 23.1 Å². The first-order chi connectivity index (χ1) is 9.30. The third-order valence-corrected chi connectivity index (χ3v) is 4.46. The topological polar surface area (TPSA) is 113 Å². The average molecular weight is 305 g/mol. The molecule has 0 bridgehead atoms. The van der Waals surface area contributed by atoms with Crippen LogP contribution in [0.3, 0.4) is 0 Å². The highest BCUT2D eigenvalue weighted by Crippen LogP contribution is 2.17. The van der Waals surface area contributed by atoms with E-state index in [-0.39, 0.29) is 23.7 Å². The van der Waals surface area contributed by atoms with E-state index in [2.05, 4.69) is 10.2 Å². The molecular weight excluding hydrogens is 286 g/mol. The second kappa shape index (κ2) is 6.82. The summed E-state index contributed by atoms with van der Waals surface area (Å²) >= 11 is 0. The van der Waals surface area contributed by atoms with E-state index < -0.39 is 22.1 Å². The third-order valence-electron chi connectivity index (χ3n) is 2.63. The SMILES string of the molecule is CCOC(=O)c1cn[nH]c1S(=O)(=O)N(C)CCC(C)O. The Morgan fingerprint density at radius 3 is 2.80 bits per heavy atom. The smallest absolute Gasteiger partial charge is 0.342 e. The molecule has 1 aromatic heterocycles. The van der Waals surface area contributed by atoms with Crippen LogP contribution in [0, 0.1) is 0 Å². The minimum absolute atomic E-state index is 0.126. The number of ether oxygens (including phenoxy) is 1. The molecule has 0 aliphatic rings. The van der Waals surface area contributed by atoms with Gasteiger partial charge in [0.1, 0.15) is 5.56 Å². The van der Waals surface area contributed by atoms with Crippen molar-refractivity contribution in [3.05, 3.63) is 11.8 Å². The maximum absolute atomic E-state index is 12.3. The molecule has 0 fully saturated rings. The fourth-order valence-electron chi connectivity index (χ4n) is 1.47. The molecule has 0 spiro atoms. The number of aliphatic hydroxyl groups excluding tert-OH is 1. The Kier molecular flexibility index (Phi) is 5.66. The zero-order valence-electron chi connectivity index (χ0n) is 11.7. The molecule has 114 valence electrons. The van der Waals surface area contributed by atoms with Gasteiger partial charge in [-0.3, -0.25) is 5.10 Å². The quantitative estimate of drug-likeness (QED) is 0.684. The van der Waals surface area contributed by atoms with Crippen LogP contribution in [0.5, 0.6) is 0 Å². The monoisotopic (exact) mass is 305 g/mol. The van der Waals surface area contributed by atoms with Gasteiger partial charge in [0.25, 0.3) is 10.0 Å². The predicted molar refractivity (Wildman–Crippen MR) is 70.7 cm³/mol. The van der Waals surface area contributed by atoms with Gasteiger partial charge in [0, 0.05) is 13.6 Å². The summed E-state index contributed by atoms with van der Waals surface area (Å²) in [6, 6.07) is 0. The summed E-state index contributed by atoms with van der Waals surface area (Å²) in [5.41, 5.74) is -0.129. The lowest BCUT2D eigenvalue weighted by atomic mass is 10.3. The number of aromatic nitrogens is 2. The molecule has 0 aromatic carbocycles. The first-order valence-electron chi connectivity index (χ1n) is 6.15. The van der Waals surface area contributed by atoms with Gasteiger partial charge in [-0.1, -0.05) is 0 Å². The van der Waals surface area contributed by atoms with Gasteiger partial charge in [-0.05, 0) is 20.3 Å². The molecular formula is C11H19N3O5S. The van der Waals surface area contributed by atoms with E-state index in [1.54, 1.807) is 13.8 Å². The zero-order chi connectivity index (χ0) is 15.3. The van der Waals surface area contributed by atoms with Gasteiger partial charge >= 0.3 is 5.97 Å². The lowest BCUT2D eigenvalue weighted by Gasteiger charge is -2.17. The molecule has 1 atom stereocenters. The zero-order valence-corrected chi connectivity index (χ0v) is 12.5. The number of nitrogens with zero attached hydrogens (tertiary/aromatic N) is 2. The number of esters is 1. The average Bonchev–Trinajstić information content (AvgIpc) is 2.85. The molecule has 2 N–H and O–H groups in total. The maximum Gasteiger partial charge on any atom is 0.342 e. The van der Waals surface area contributed by atoms with E-state index in [0.717, 1.165) is 10.5 Å². The Balaban J connectivity index is 2.98. The van der Waals surface area contributed by atoms with Crippen molar-refractivity contribution in [3.63, 3.8) is 0 Å². The Labute approximate surface area is 117 Å². The van der Waals surface area contributed by atoms with Crippen molar-refractivity contribution in [2.45, 2.75) is 31.4 Å². The Morgan fingerprint density at radius 1 is 1.60 bits per heavy atom. The number of carbonyl (C=O) groups excluding carboxylic acids is 1. The van der Waals surface area contributed by atoms with Crippen LogP contribution in [0.2, 0.25) is 0 Å². The number of hydrogen-bond donors (Lipinski definition) is 2. The van der Waals surface area contributed by atoms with Gasteiger partial charge in [-0.25, -0.2) is 13.2 Å². The number of H-pyrrole nitrogens is 1. The Hall–Kier alpha value is -1.45. The normalized spacial score (nSPS) is 13.4. The standard InChI is InChI=1S/C11H19N3O5S/c1-4-19-11(16)9-7-12-13-10(9)20(17,18)14(3)6-5-8(2)15/h7-8,15H,4-6H2,1-3H3,(H,12,13). The van der Waals surface area contributed by atoms with E-state index in [1.807, 2.05) is 0 Å². The summed E-state index contributed by atoms with van der Waals surface area (Å²) < 4.78 is 30.4. The number of carbonyl (C=O) groups is 1. The van der Waals surface area contributed by atoms with Crippen molar-refractivity contribution in [2.24, 2.45) is 0 Å². The first-order valence-corrected chi connectivity index (χ1v) is 7.59. The van der Waals surface area contributed by atoms with Crippen LogP contribution in [0.15, 0.2) is 11.2 Å². The van der Waals surface area contributed by atoms with Gasteiger partial charge in [-0.2, -0.15) is 9.40 Å². The number of sulfonamides is 1. The number of aromatic amines is 1. The van der Waals surface area contributed by atoms with Crippen LogP contribution < -0.4 is 0 Å². The summed E-state index contributed by atoms with van der Waals surface area (Å²) in [5, 5.41) is 14.8. The van der Waals surface area contributed by atoms with Gasteiger partial charge in [-0.15, -0.1) is 0 Å². The van der Waals surface area contributed by atoms with Crippen molar-refractivity contribution >= 4 is 16.0 Å². The second-order valence-electron chi connectivity index (χ2n) is 4.30. The number of nitrogens with one attached hydrogen (secondary N) is 1. The van der Waals surface area contributed by atoms with Crippen LogP contribution >= 0.6 is 0 Å². The van der Waals surface area contributed by atoms with E-state index in [0.29, 0.717) is 6.42 Å². The molecule has 0 saturated heterocycles. The van der Waals surface area contributed by atoms with Crippen molar-refractivity contribution in [1.29, 1.82) is 0 Å².